The van der Waals surface area contributed by atoms with E-state index >= 15 is 0 Å². The predicted molar refractivity (Wildman–Crippen MR) is 441 cm³/mol. The number of alkyl halides is 4. The maximum atomic E-state index is 12.2. The molecule has 0 bridgehead atoms. The Morgan fingerprint density at radius 1 is 0.377 bits per heavy atom. The van der Waals surface area contributed by atoms with E-state index in [9.17, 15) is 36.7 Å². The van der Waals surface area contributed by atoms with Crippen LogP contribution in [0.1, 0.15) is 117 Å². The van der Waals surface area contributed by atoms with E-state index in [1.54, 1.807) is 128 Å². The molecule has 12 rings (SSSR count). The highest BCUT2D eigenvalue weighted by Gasteiger charge is 2.28. The van der Waals surface area contributed by atoms with Gasteiger partial charge in [-0.15, -0.1) is 0 Å². The standard InChI is InChI=1S/2C20H24N2O4.C16H16N2O2.C14H15N3O2.2C6H8N2.C2H3F3.CH3F/c2*21-16-10-15(11-17(22)12-16)20(23)25-18-6-8-19(9-7-18)26-24-13-14-4-2-1-3-5-14;17-14-8-13(9-15(18)10-14)11-20-16(19)7-6-12-4-2-1-3-5-12;15-11-7-10(8-12(16)9-11)14(18)19-6-4-13-3-1-2-5-17-13;7-5-1-2-6(8)4-3-5;7-5-2-1-3-6(8)4-5;1-2(3,4)5;1-2/h2*1-5,10-12,18-19H,6-9,13,21-22H2;1-10H,11,17-18H2;1-3,5,7-9H,4,6,15-16H2;2*1-4H,7-8H2;1H3;1H3. The van der Waals surface area contributed by atoms with Crippen LogP contribution in [0.25, 0.3) is 6.08 Å². The summed E-state index contributed by atoms with van der Waals surface area (Å²) in [5, 5.41) is 0. The summed E-state index contributed by atoms with van der Waals surface area (Å²) in [6.45, 7) is 1.45. The number of hydrogen-bond donors (Lipinski definition) is 12. The lowest BCUT2D eigenvalue weighted by Crippen LogP contribution is -2.28. The van der Waals surface area contributed by atoms with Crippen LogP contribution in [-0.2, 0) is 69.5 Å². The molecule has 0 spiro atoms. The predicted octanol–water partition coefficient (Wildman–Crippen LogP) is 15.0. The van der Waals surface area contributed by atoms with Gasteiger partial charge in [0.2, 0.25) is 0 Å². The molecule has 2 fully saturated rings. The Morgan fingerprint density at radius 3 is 1.08 bits per heavy atom. The summed E-state index contributed by atoms with van der Waals surface area (Å²) in [5.74, 6) is -1.63. The highest BCUT2D eigenvalue weighted by Crippen LogP contribution is 2.28. The summed E-state index contributed by atoms with van der Waals surface area (Å²) in [7, 11) is 0.500. The first-order chi connectivity index (χ1) is 54.5. The monoisotopic (exact) mass is 1570 g/mol. The van der Waals surface area contributed by atoms with E-state index in [2.05, 4.69) is 4.98 Å². The van der Waals surface area contributed by atoms with Crippen molar-refractivity contribution in [3.63, 3.8) is 0 Å². The fourth-order valence-corrected chi connectivity index (χ4v) is 10.6. The number of benzene rings is 9. The molecule has 0 saturated heterocycles. The van der Waals surface area contributed by atoms with Gasteiger partial charge in [0.05, 0.1) is 42.7 Å². The second-order valence-corrected chi connectivity index (χ2v) is 25.6. The number of carbonyl (C=O) groups is 4. The average molecular weight is 1570 g/mol. The Morgan fingerprint density at radius 2 is 0.719 bits per heavy atom. The van der Waals surface area contributed by atoms with Crippen molar-refractivity contribution in [2.45, 2.75) is 115 Å². The Kier molecular flexibility index (Phi) is 40.1. The van der Waals surface area contributed by atoms with Crippen molar-refractivity contribution in [2.75, 3.05) is 82.6 Å². The molecule has 2 aliphatic rings. The molecule has 2 aliphatic carbocycles. The lowest BCUT2D eigenvalue weighted by molar-refractivity contribution is -0.338. The number of carbonyl (C=O) groups excluding carboxylic acids is 4. The zero-order valence-corrected chi connectivity index (χ0v) is 63.5. The number of nitrogen functional groups attached to an aromatic ring is 12. The number of nitrogens with zero attached hydrogens (tertiary/aromatic N) is 1. The van der Waals surface area contributed by atoms with Crippen molar-refractivity contribution in [3.8, 4) is 0 Å². The Hall–Kier alpha value is -13.1. The minimum Gasteiger partial charge on any atom is -0.462 e. The van der Waals surface area contributed by atoms with Crippen molar-refractivity contribution in [1.29, 1.82) is 0 Å². The number of esters is 4. The van der Waals surface area contributed by atoms with Crippen LogP contribution < -0.4 is 68.8 Å². The molecule has 2 saturated carbocycles. The SMILES string of the molecule is CC(F)(F)F.CF.Nc1cc(N)cc(C(=O)OC2CCC(OOCc3ccccc3)CC2)c1.Nc1cc(N)cc(C(=O)OC2CCC(OOCc3ccccc3)CC2)c1.Nc1cc(N)cc(C(=O)OCCc2ccccn2)c1.Nc1cc(N)cc(COC(=O)C=Cc2ccccc2)c1.Nc1ccc(N)cc1.Nc1cccc(N)c1. The van der Waals surface area contributed by atoms with E-state index in [4.69, 9.17) is 107 Å². The van der Waals surface area contributed by atoms with E-state index < -0.39 is 30.1 Å². The van der Waals surface area contributed by atoms with Crippen molar-refractivity contribution in [3.05, 3.63) is 287 Å². The highest BCUT2D eigenvalue weighted by atomic mass is 19.4. The molecule has 0 atom stereocenters. The zero-order chi connectivity index (χ0) is 83.2. The topological polar surface area (TPSA) is 467 Å². The smallest absolute Gasteiger partial charge is 0.386 e. The van der Waals surface area contributed by atoms with Crippen LogP contribution in [0, 0.1) is 0 Å². The molecule has 1 aromatic heterocycles. The molecule has 25 nitrogen and oxygen atoms in total. The summed E-state index contributed by atoms with van der Waals surface area (Å²) in [5.41, 5.74) is 79.5. The molecule has 1 heterocycles. The Balaban J connectivity index is 0.000000249. The first-order valence-electron chi connectivity index (χ1n) is 35.9. The van der Waals surface area contributed by atoms with Gasteiger partial charge in [0.15, 0.2) is 0 Å². The van der Waals surface area contributed by atoms with Crippen molar-refractivity contribution in [2.24, 2.45) is 0 Å². The fourth-order valence-electron chi connectivity index (χ4n) is 10.6. The third-order valence-electron chi connectivity index (χ3n) is 15.8. The maximum Gasteiger partial charge on any atom is 0.386 e. The van der Waals surface area contributed by atoms with E-state index in [0.29, 0.717) is 100 Å². The first-order valence-corrected chi connectivity index (χ1v) is 35.9. The lowest BCUT2D eigenvalue weighted by Gasteiger charge is -2.27. The second kappa shape index (κ2) is 49.9. The molecular weight excluding hydrogens is 1470 g/mol. The summed E-state index contributed by atoms with van der Waals surface area (Å²) in [6.07, 6.45) is 7.26. The van der Waals surface area contributed by atoms with Crippen molar-refractivity contribution in [1.82, 2.24) is 4.98 Å². The molecule has 114 heavy (non-hydrogen) atoms. The molecular formula is C85H101F4N13O12. The van der Waals surface area contributed by atoms with Gasteiger partial charge in [-0.2, -0.15) is 13.2 Å². The molecule has 0 amide bonds. The van der Waals surface area contributed by atoms with Crippen LogP contribution in [0.5, 0.6) is 0 Å². The van der Waals surface area contributed by atoms with Crippen LogP contribution in [0.3, 0.4) is 0 Å². The van der Waals surface area contributed by atoms with Gasteiger partial charge in [0, 0.05) is 99.6 Å². The van der Waals surface area contributed by atoms with Gasteiger partial charge in [0.1, 0.15) is 32.0 Å². The lowest BCUT2D eigenvalue weighted by atomic mass is 9.95. The number of ether oxygens (including phenoxy) is 4. The quantitative estimate of drug-likeness (QED) is 0.00641. The van der Waals surface area contributed by atoms with E-state index in [0.717, 1.165) is 90.7 Å². The number of halogens is 4. The normalized spacial score (nSPS) is 14.4. The minimum atomic E-state index is -4.00. The third-order valence-corrected chi connectivity index (χ3v) is 15.8. The molecule has 9 aromatic carbocycles. The van der Waals surface area contributed by atoms with Gasteiger partial charge >= 0.3 is 30.1 Å². The summed E-state index contributed by atoms with van der Waals surface area (Å²) >= 11 is 0. The van der Waals surface area contributed by atoms with Crippen LogP contribution in [-0.4, -0.2) is 73.2 Å². The molecule has 10 aromatic rings. The Labute approximate surface area is 660 Å². The van der Waals surface area contributed by atoms with Gasteiger partial charge in [-0.3, -0.25) is 9.37 Å². The number of anilines is 12. The second-order valence-electron chi connectivity index (χ2n) is 25.6. The zero-order valence-electron chi connectivity index (χ0n) is 63.5. The number of aromatic nitrogens is 1. The van der Waals surface area contributed by atoms with Crippen LogP contribution in [0.4, 0.5) is 85.8 Å². The molecule has 29 heteroatoms. The molecule has 0 radical (unpaired) electrons. The number of rotatable bonds is 20. The fraction of sp³-hybridized carbons (Fsp3) is 0.235. The summed E-state index contributed by atoms with van der Waals surface area (Å²) < 4.78 is 62.0. The van der Waals surface area contributed by atoms with Crippen LogP contribution >= 0.6 is 0 Å². The van der Waals surface area contributed by atoms with E-state index in [1.165, 1.54) is 6.08 Å². The Bertz CT molecular complexity index is 4260. The van der Waals surface area contributed by atoms with Crippen LogP contribution in [0.2, 0.25) is 0 Å². The summed E-state index contributed by atoms with van der Waals surface area (Å²) in [6, 6.07) is 68.4. The van der Waals surface area contributed by atoms with Gasteiger partial charge < -0.3 is 87.8 Å². The van der Waals surface area contributed by atoms with Gasteiger partial charge in [-0.25, -0.2) is 38.7 Å². The van der Waals surface area contributed by atoms with Crippen molar-refractivity contribution < 1.29 is 75.2 Å². The first kappa shape index (κ1) is 91.5. The third kappa shape index (κ3) is 39.5. The molecule has 0 aliphatic heterocycles. The summed E-state index contributed by atoms with van der Waals surface area (Å²) in [4.78, 5) is 73.6. The number of nitrogens with two attached hydrogens (primary N) is 12. The maximum absolute atomic E-state index is 12.2. The van der Waals surface area contributed by atoms with E-state index in [-0.39, 0.29) is 44.6 Å². The number of pyridine rings is 1. The molecule has 0 unspecified atom stereocenters. The largest absolute Gasteiger partial charge is 0.462 e. The van der Waals surface area contributed by atoms with Gasteiger partial charge in [-0.05, 0) is 207 Å². The van der Waals surface area contributed by atoms with Crippen molar-refractivity contribution >= 4 is 98.2 Å². The van der Waals surface area contributed by atoms with Gasteiger partial charge in [-0.1, -0.05) is 103 Å². The minimum absolute atomic E-state index is 0.0247. The average Bonchev–Trinajstić information content (AvgIpc) is 0.852. The molecule has 606 valence electrons. The highest BCUT2D eigenvalue weighted by molar-refractivity contribution is 5.93. The van der Waals surface area contributed by atoms with Gasteiger partial charge in [0.25, 0.3) is 0 Å². The van der Waals surface area contributed by atoms with E-state index in [1.807, 2.05) is 115 Å². The molecule has 24 N–H and O–H groups in total. The van der Waals surface area contributed by atoms with Crippen LogP contribution in [0.15, 0.2) is 243 Å². The number of hydrogen-bond acceptors (Lipinski definition) is 25.